The predicted molar refractivity (Wildman–Crippen MR) is 90.5 cm³/mol. The second kappa shape index (κ2) is 5.85. The maximum Gasteiger partial charge on any atom is 0.271 e. The van der Waals surface area contributed by atoms with E-state index in [1.807, 2.05) is 30.3 Å². The lowest BCUT2D eigenvalue weighted by molar-refractivity contribution is 0.00573. The number of carbonyl (C=O) groups is 1. The number of aromatic nitrogens is 2. The highest BCUT2D eigenvalue weighted by Crippen LogP contribution is 2.19. The molecule has 6 nitrogen and oxygen atoms in total. The summed E-state index contributed by atoms with van der Waals surface area (Å²) in [5, 5.41) is 9.31. The van der Waals surface area contributed by atoms with Crippen molar-refractivity contribution < 1.29 is 9.90 Å². The summed E-state index contributed by atoms with van der Waals surface area (Å²) in [7, 11) is 0. The Morgan fingerprint density at radius 3 is 2.75 bits per heavy atom. The van der Waals surface area contributed by atoms with Gasteiger partial charge in [-0.05, 0) is 5.56 Å². The maximum absolute atomic E-state index is 12.6. The van der Waals surface area contributed by atoms with Crippen LogP contribution >= 0.6 is 11.3 Å². The van der Waals surface area contributed by atoms with Crippen molar-refractivity contribution in [3.05, 3.63) is 69.1 Å². The number of nitrogens with zero attached hydrogens (tertiary/aromatic N) is 3. The van der Waals surface area contributed by atoms with Crippen LogP contribution in [0.25, 0.3) is 4.96 Å². The zero-order valence-electron chi connectivity index (χ0n) is 12.8. The molecule has 1 amide bonds. The number of β-amino-alcohol motifs (C(OH)–C–C–N with tert-alkyl or cyclic N) is 1. The average molecular weight is 341 g/mol. The number of carbonyl (C=O) groups excluding carboxylic acids is 1. The van der Waals surface area contributed by atoms with Gasteiger partial charge in [0.25, 0.3) is 11.5 Å². The maximum atomic E-state index is 12.6. The van der Waals surface area contributed by atoms with Crippen LogP contribution in [0.1, 0.15) is 20.8 Å². The van der Waals surface area contributed by atoms with Gasteiger partial charge < -0.3 is 10.0 Å². The van der Waals surface area contributed by atoms with Crippen molar-refractivity contribution in [2.45, 2.75) is 12.5 Å². The monoisotopic (exact) mass is 341 g/mol. The predicted octanol–water partition coefficient (Wildman–Crippen LogP) is 1.16. The topological polar surface area (TPSA) is 74.9 Å². The number of aliphatic hydroxyl groups excluding tert-OH is 1. The van der Waals surface area contributed by atoms with E-state index in [2.05, 4.69) is 4.98 Å². The Bertz CT molecular complexity index is 958. The molecule has 1 fully saturated rings. The molecule has 1 N–H and O–H groups in total. The Morgan fingerprint density at radius 1 is 1.29 bits per heavy atom. The second-order valence-corrected chi connectivity index (χ2v) is 6.95. The second-order valence-electron chi connectivity index (χ2n) is 5.85. The summed E-state index contributed by atoms with van der Waals surface area (Å²) in [5.74, 6) is -0.372. The number of benzene rings is 1. The van der Waals surface area contributed by atoms with Gasteiger partial charge in [-0.2, -0.15) is 0 Å². The van der Waals surface area contributed by atoms with Crippen molar-refractivity contribution in [1.82, 2.24) is 14.3 Å². The first-order valence-electron chi connectivity index (χ1n) is 7.63. The third-order valence-corrected chi connectivity index (χ3v) is 5.05. The van der Waals surface area contributed by atoms with Crippen molar-refractivity contribution in [1.29, 1.82) is 0 Å². The first-order chi connectivity index (χ1) is 11.6. The number of likely N-dealkylation sites (tertiary alicyclic amines) is 1. The molecule has 7 heteroatoms. The van der Waals surface area contributed by atoms with E-state index in [0.29, 0.717) is 4.96 Å². The smallest absolute Gasteiger partial charge is 0.271 e. The summed E-state index contributed by atoms with van der Waals surface area (Å²) in [6.07, 6.45) is 3.32. The normalized spacial score (nSPS) is 14.8. The van der Waals surface area contributed by atoms with Gasteiger partial charge >= 0.3 is 0 Å². The molecule has 4 rings (SSSR count). The number of hydrogen-bond acceptors (Lipinski definition) is 5. The Morgan fingerprint density at radius 2 is 2.04 bits per heavy atom. The van der Waals surface area contributed by atoms with Gasteiger partial charge in [0.05, 0.1) is 6.10 Å². The number of amides is 1. The zero-order valence-corrected chi connectivity index (χ0v) is 13.6. The first kappa shape index (κ1) is 15.0. The Balaban J connectivity index is 1.66. The molecule has 3 heterocycles. The number of thiazole rings is 1. The molecule has 1 aromatic carbocycles. The van der Waals surface area contributed by atoms with Gasteiger partial charge in [0.1, 0.15) is 5.56 Å². The van der Waals surface area contributed by atoms with Crippen molar-refractivity contribution in [3.8, 4) is 0 Å². The van der Waals surface area contributed by atoms with Gasteiger partial charge in [0, 0.05) is 36.8 Å². The Labute approximate surface area is 141 Å². The van der Waals surface area contributed by atoms with Crippen LogP contribution < -0.4 is 5.56 Å². The zero-order chi connectivity index (χ0) is 16.7. The number of hydrogen-bond donors (Lipinski definition) is 1. The summed E-state index contributed by atoms with van der Waals surface area (Å²) < 4.78 is 1.44. The van der Waals surface area contributed by atoms with Crippen LogP contribution in [0.5, 0.6) is 0 Å². The van der Waals surface area contributed by atoms with Crippen molar-refractivity contribution in [3.63, 3.8) is 0 Å². The molecule has 1 aliphatic rings. The molecule has 0 atom stereocenters. The lowest BCUT2D eigenvalue weighted by Gasteiger charge is -2.35. The molecule has 2 aromatic heterocycles. The molecule has 0 bridgehead atoms. The van der Waals surface area contributed by atoms with E-state index < -0.39 is 6.10 Å². The fourth-order valence-corrected chi connectivity index (χ4v) is 3.72. The summed E-state index contributed by atoms with van der Waals surface area (Å²) >= 11 is 1.44. The quantitative estimate of drug-likeness (QED) is 0.776. The summed E-state index contributed by atoms with van der Waals surface area (Å²) in [6.45, 7) is 0.535. The number of fused-ring (bicyclic) bond motifs is 1. The minimum Gasteiger partial charge on any atom is -0.389 e. The minimum atomic E-state index is -0.494. The van der Waals surface area contributed by atoms with Gasteiger partial charge in [-0.3, -0.25) is 14.0 Å². The molecule has 24 heavy (non-hydrogen) atoms. The van der Waals surface area contributed by atoms with Gasteiger partial charge in [-0.25, -0.2) is 4.98 Å². The minimum absolute atomic E-state index is 0.0449. The van der Waals surface area contributed by atoms with Crippen molar-refractivity contribution >= 4 is 22.2 Å². The molecule has 0 saturated carbocycles. The molecule has 0 aliphatic carbocycles. The Kier molecular flexibility index (Phi) is 3.66. The molecule has 0 spiro atoms. The summed E-state index contributed by atoms with van der Waals surface area (Å²) in [6, 6.07) is 9.98. The van der Waals surface area contributed by atoms with E-state index >= 15 is 0 Å². The van der Waals surface area contributed by atoms with Crippen LogP contribution in [-0.2, 0) is 6.42 Å². The van der Waals surface area contributed by atoms with E-state index in [1.165, 1.54) is 26.8 Å². The van der Waals surface area contributed by atoms with E-state index in [-0.39, 0.29) is 30.1 Å². The third kappa shape index (κ3) is 2.61. The number of rotatable bonds is 3. The molecule has 1 saturated heterocycles. The lowest BCUT2D eigenvalue weighted by Crippen LogP contribution is -2.54. The first-order valence-corrected chi connectivity index (χ1v) is 8.45. The number of aliphatic hydroxyl groups is 1. The van der Waals surface area contributed by atoms with Gasteiger partial charge in [0.15, 0.2) is 4.96 Å². The van der Waals surface area contributed by atoms with E-state index in [1.54, 1.807) is 6.20 Å². The van der Waals surface area contributed by atoms with Crippen LogP contribution in [0.2, 0.25) is 0 Å². The van der Waals surface area contributed by atoms with Crippen molar-refractivity contribution in [2.24, 2.45) is 0 Å². The van der Waals surface area contributed by atoms with Crippen LogP contribution in [-0.4, -0.2) is 44.5 Å². The molecule has 3 aromatic rings. The summed E-state index contributed by atoms with van der Waals surface area (Å²) in [4.78, 5) is 32.2. The highest BCUT2D eigenvalue weighted by Gasteiger charge is 2.31. The van der Waals surface area contributed by atoms with Crippen LogP contribution in [0.15, 0.2) is 47.5 Å². The van der Waals surface area contributed by atoms with E-state index in [9.17, 15) is 14.7 Å². The van der Waals surface area contributed by atoms with Crippen LogP contribution in [0.4, 0.5) is 0 Å². The van der Waals surface area contributed by atoms with Gasteiger partial charge in [-0.1, -0.05) is 30.3 Å². The Hall–Kier alpha value is -2.51. The highest BCUT2D eigenvalue weighted by atomic mass is 32.1. The molecule has 1 aliphatic heterocycles. The average Bonchev–Trinajstić information content (AvgIpc) is 2.96. The molecular formula is C17H15N3O3S. The van der Waals surface area contributed by atoms with Gasteiger partial charge in [0.2, 0.25) is 0 Å². The molecular weight excluding hydrogens is 326 g/mol. The standard InChI is InChI=1S/C17H15N3O3S/c21-12-8-19(9-12)15(22)14-7-18-17-20(16(14)23)10-13(24-17)6-11-4-2-1-3-5-11/h1-5,7,10,12,21H,6,8-9H2. The summed E-state index contributed by atoms with van der Waals surface area (Å²) in [5.41, 5.74) is 0.841. The van der Waals surface area contributed by atoms with E-state index in [4.69, 9.17) is 0 Å². The van der Waals surface area contributed by atoms with Crippen LogP contribution in [0.3, 0.4) is 0 Å². The SMILES string of the molecule is O=C(c1cnc2sc(Cc3ccccc3)cn2c1=O)N1CC(O)C1. The molecule has 0 radical (unpaired) electrons. The van der Waals surface area contributed by atoms with E-state index in [0.717, 1.165) is 16.9 Å². The van der Waals surface area contributed by atoms with Crippen molar-refractivity contribution in [2.75, 3.05) is 13.1 Å². The fraction of sp³-hybridized carbons (Fsp3) is 0.235. The van der Waals surface area contributed by atoms with Gasteiger partial charge in [-0.15, -0.1) is 11.3 Å². The third-order valence-electron chi connectivity index (χ3n) is 4.06. The van der Waals surface area contributed by atoms with Crippen LogP contribution in [0, 0.1) is 0 Å². The highest BCUT2D eigenvalue weighted by molar-refractivity contribution is 7.17. The largest absolute Gasteiger partial charge is 0.389 e. The molecule has 122 valence electrons. The molecule has 0 unspecified atom stereocenters. The fourth-order valence-electron chi connectivity index (χ4n) is 2.75. The lowest BCUT2D eigenvalue weighted by atomic mass is 10.1.